The van der Waals surface area contributed by atoms with Crippen LogP contribution in [0.3, 0.4) is 0 Å². The van der Waals surface area contributed by atoms with Crippen LogP contribution in [-0.4, -0.2) is 14.5 Å². The molecule has 3 heteroatoms. The van der Waals surface area contributed by atoms with Crippen molar-refractivity contribution in [2.24, 2.45) is 0 Å². The van der Waals surface area contributed by atoms with Crippen LogP contribution in [0.5, 0.6) is 5.75 Å². The van der Waals surface area contributed by atoms with Crippen LogP contribution in [0.4, 0.5) is 0 Å². The first-order valence-corrected chi connectivity index (χ1v) is 4.34. The minimum absolute atomic E-state index is 0.280. The molecule has 0 aliphatic heterocycles. The molecule has 0 bridgehead atoms. The summed E-state index contributed by atoms with van der Waals surface area (Å²) in [5.74, 6) is 1.70. The van der Waals surface area contributed by atoms with Gasteiger partial charge < -0.3 is 9.51 Å². The van der Waals surface area contributed by atoms with Crippen molar-refractivity contribution in [1.82, 2.24) is 9.38 Å². The molecule has 0 amide bonds. The summed E-state index contributed by atoms with van der Waals surface area (Å²) in [4.78, 5) is 4.29. The van der Waals surface area contributed by atoms with Gasteiger partial charge in [0.2, 0.25) is 0 Å². The molecular weight excluding hydrogens is 164 g/mol. The minimum atomic E-state index is 0.280. The highest BCUT2D eigenvalue weighted by molar-refractivity contribution is 5.50. The zero-order chi connectivity index (χ0) is 9.42. The standard InChI is InChI=1S/C10H12N2O/c1-7(2)10-11-6-8-5-9(13)3-4-12(8)10/h3-7,13H,1-2H3. The van der Waals surface area contributed by atoms with Gasteiger partial charge in [0.25, 0.3) is 0 Å². The van der Waals surface area contributed by atoms with Gasteiger partial charge in [-0.05, 0) is 6.07 Å². The van der Waals surface area contributed by atoms with Gasteiger partial charge in [-0.15, -0.1) is 0 Å². The molecule has 2 rings (SSSR count). The zero-order valence-corrected chi connectivity index (χ0v) is 7.73. The van der Waals surface area contributed by atoms with Crippen molar-refractivity contribution in [1.29, 1.82) is 0 Å². The summed E-state index contributed by atoms with van der Waals surface area (Å²) in [6.07, 6.45) is 3.61. The lowest BCUT2D eigenvalue weighted by Crippen LogP contribution is -1.95. The molecule has 0 atom stereocenters. The van der Waals surface area contributed by atoms with Gasteiger partial charge in [-0.2, -0.15) is 0 Å². The molecule has 1 N–H and O–H groups in total. The number of aromatic nitrogens is 2. The maximum Gasteiger partial charge on any atom is 0.119 e. The quantitative estimate of drug-likeness (QED) is 0.723. The highest BCUT2D eigenvalue weighted by Gasteiger charge is 2.06. The maximum absolute atomic E-state index is 9.24. The van der Waals surface area contributed by atoms with E-state index in [4.69, 9.17) is 0 Å². The molecule has 0 fully saturated rings. The van der Waals surface area contributed by atoms with Crippen molar-refractivity contribution in [2.75, 3.05) is 0 Å². The summed E-state index contributed by atoms with van der Waals surface area (Å²) < 4.78 is 1.99. The first-order valence-electron chi connectivity index (χ1n) is 4.34. The molecule has 2 aromatic rings. The molecule has 2 heterocycles. The van der Waals surface area contributed by atoms with Crippen molar-refractivity contribution in [2.45, 2.75) is 19.8 Å². The summed E-state index contributed by atoms with van der Waals surface area (Å²) in [5.41, 5.74) is 0.934. The average molecular weight is 176 g/mol. The number of pyridine rings is 1. The Labute approximate surface area is 76.7 Å². The van der Waals surface area contributed by atoms with E-state index < -0.39 is 0 Å². The van der Waals surface area contributed by atoms with E-state index in [1.807, 2.05) is 10.6 Å². The molecular formula is C10H12N2O. The van der Waals surface area contributed by atoms with E-state index in [9.17, 15) is 5.11 Å². The van der Waals surface area contributed by atoms with Crippen molar-refractivity contribution in [3.63, 3.8) is 0 Å². The number of nitrogens with zero attached hydrogens (tertiary/aromatic N) is 2. The van der Waals surface area contributed by atoms with Gasteiger partial charge in [0.05, 0.1) is 11.7 Å². The lowest BCUT2D eigenvalue weighted by atomic mass is 10.2. The van der Waals surface area contributed by atoms with Crippen LogP contribution in [0.1, 0.15) is 25.6 Å². The van der Waals surface area contributed by atoms with E-state index in [1.165, 1.54) is 0 Å². The third kappa shape index (κ3) is 1.26. The average Bonchev–Trinajstić information content (AvgIpc) is 2.46. The molecule has 0 saturated carbocycles. The Morgan fingerprint density at radius 2 is 2.23 bits per heavy atom. The summed E-state index contributed by atoms with van der Waals surface area (Å²) >= 11 is 0. The van der Waals surface area contributed by atoms with Crippen LogP contribution in [0, 0.1) is 0 Å². The van der Waals surface area contributed by atoms with E-state index in [2.05, 4.69) is 18.8 Å². The third-order valence-corrected chi connectivity index (χ3v) is 2.06. The van der Waals surface area contributed by atoms with Gasteiger partial charge in [0.1, 0.15) is 11.6 Å². The van der Waals surface area contributed by atoms with Crippen molar-refractivity contribution in [3.8, 4) is 5.75 Å². The van der Waals surface area contributed by atoms with E-state index in [1.54, 1.807) is 18.3 Å². The van der Waals surface area contributed by atoms with E-state index >= 15 is 0 Å². The Morgan fingerprint density at radius 3 is 2.92 bits per heavy atom. The Kier molecular flexibility index (Phi) is 1.72. The molecule has 0 aromatic carbocycles. The van der Waals surface area contributed by atoms with E-state index in [-0.39, 0.29) is 5.75 Å². The largest absolute Gasteiger partial charge is 0.508 e. The normalized spacial score (nSPS) is 11.3. The minimum Gasteiger partial charge on any atom is -0.508 e. The van der Waals surface area contributed by atoms with Crippen LogP contribution < -0.4 is 0 Å². The second-order valence-electron chi connectivity index (χ2n) is 3.45. The van der Waals surface area contributed by atoms with Crippen LogP contribution >= 0.6 is 0 Å². The fourth-order valence-corrected chi connectivity index (χ4v) is 1.44. The number of aromatic hydroxyl groups is 1. The van der Waals surface area contributed by atoms with Gasteiger partial charge in [0.15, 0.2) is 0 Å². The smallest absolute Gasteiger partial charge is 0.119 e. The number of hydrogen-bond donors (Lipinski definition) is 1. The predicted octanol–water partition coefficient (Wildman–Crippen LogP) is 2.16. The second-order valence-corrected chi connectivity index (χ2v) is 3.45. The summed E-state index contributed by atoms with van der Waals surface area (Å²) in [6, 6.07) is 3.37. The highest BCUT2D eigenvalue weighted by atomic mass is 16.3. The van der Waals surface area contributed by atoms with Gasteiger partial charge in [-0.25, -0.2) is 4.98 Å². The van der Waals surface area contributed by atoms with Gasteiger partial charge in [0, 0.05) is 18.2 Å². The summed E-state index contributed by atoms with van der Waals surface area (Å²) in [5, 5.41) is 9.24. The summed E-state index contributed by atoms with van der Waals surface area (Å²) in [6.45, 7) is 4.20. The van der Waals surface area contributed by atoms with Gasteiger partial charge >= 0.3 is 0 Å². The highest BCUT2D eigenvalue weighted by Crippen LogP contribution is 2.18. The molecule has 0 saturated heterocycles. The molecule has 0 radical (unpaired) electrons. The Balaban J connectivity index is 2.69. The van der Waals surface area contributed by atoms with E-state index in [0.29, 0.717) is 5.92 Å². The maximum atomic E-state index is 9.24. The topological polar surface area (TPSA) is 37.5 Å². The molecule has 2 aromatic heterocycles. The Bertz CT molecular complexity index is 431. The number of imidazole rings is 1. The molecule has 13 heavy (non-hydrogen) atoms. The van der Waals surface area contributed by atoms with Crippen LogP contribution in [0.25, 0.3) is 5.52 Å². The SMILES string of the molecule is CC(C)c1ncc2cc(O)ccn12. The third-order valence-electron chi connectivity index (χ3n) is 2.06. The molecule has 68 valence electrons. The van der Waals surface area contributed by atoms with Gasteiger partial charge in [-0.1, -0.05) is 13.8 Å². The predicted molar refractivity (Wildman–Crippen MR) is 50.9 cm³/mol. The van der Waals surface area contributed by atoms with Crippen molar-refractivity contribution < 1.29 is 5.11 Å². The fourth-order valence-electron chi connectivity index (χ4n) is 1.44. The van der Waals surface area contributed by atoms with E-state index in [0.717, 1.165) is 11.3 Å². The zero-order valence-electron chi connectivity index (χ0n) is 7.73. The van der Waals surface area contributed by atoms with Crippen LogP contribution in [0.15, 0.2) is 24.5 Å². The van der Waals surface area contributed by atoms with Crippen molar-refractivity contribution >= 4 is 5.52 Å². The van der Waals surface area contributed by atoms with Gasteiger partial charge in [-0.3, -0.25) is 0 Å². The summed E-state index contributed by atoms with van der Waals surface area (Å²) in [7, 11) is 0. The first kappa shape index (κ1) is 8.10. The Hall–Kier alpha value is -1.51. The lowest BCUT2D eigenvalue weighted by Gasteiger charge is -2.03. The van der Waals surface area contributed by atoms with Crippen LogP contribution in [0.2, 0.25) is 0 Å². The number of fused-ring (bicyclic) bond motifs is 1. The number of rotatable bonds is 1. The number of hydrogen-bond acceptors (Lipinski definition) is 2. The lowest BCUT2D eigenvalue weighted by molar-refractivity contribution is 0.475. The molecule has 0 aliphatic rings. The second kappa shape index (κ2) is 2.76. The Morgan fingerprint density at radius 1 is 1.46 bits per heavy atom. The molecule has 3 nitrogen and oxygen atoms in total. The van der Waals surface area contributed by atoms with Crippen molar-refractivity contribution in [3.05, 3.63) is 30.4 Å². The molecule has 0 aliphatic carbocycles. The fraction of sp³-hybridized carbons (Fsp3) is 0.300. The first-order chi connectivity index (χ1) is 6.18. The monoisotopic (exact) mass is 176 g/mol. The molecule has 0 spiro atoms. The molecule has 0 unspecified atom stereocenters. The van der Waals surface area contributed by atoms with Crippen LogP contribution in [-0.2, 0) is 0 Å².